The Kier molecular flexibility index (Phi) is 4.19. The van der Waals surface area contributed by atoms with E-state index in [1.165, 1.54) is 0 Å². The van der Waals surface area contributed by atoms with Gasteiger partial charge in [0.15, 0.2) is 0 Å². The molecule has 0 saturated heterocycles. The molecule has 0 bridgehead atoms. The maximum absolute atomic E-state index is 6.29. The van der Waals surface area contributed by atoms with E-state index < -0.39 is 0 Å². The lowest BCUT2D eigenvalue weighted by molar-refractivity contribution is 0.483. The molecule has 0 aliphatic carbocycles. The second-order valence-electron chi connectivity index (χ2n) is 4.58. The normalized spacial score (nSPS) is 13.2. The molecule has 98 valence electrons. The molecular weight excluding hydrogens is 312 g/mol. The minimum Gasteiger partial charge on any atom is -0.322 e. The summed E-state index contributed by atoms with van der Waals surface area (Å²) in [6.45, 7) is 6.21. The topological polar surface area (TPSA) is 56.7 Å². The molecule has 6 heteroatoms. The van der Waals surface area contributed by atoms with Gasteiger partial charge in [0.1, 0.15) is 0 Å². The van der Waals surface area contributed by atoms with Crippen molar-refractivity contribution in [2.45, 2.75) is 39.3 Å². The fraction of sp³-hybridized carbons (Fsp3) is 0.500. The third-order valence-electron chi connectivity index (χ3n) is 2.72. The number of aromatic nitrogens is 3. The Morgan fingerprint density at radius 1 is 1.50 bits per heavy atom. The van der Waals surface area contributed by atoms with Crippen LogP contribution in [0.15, 0.2) is 16.0 Å². The molecule has 0 spiro atoms. The summed E-state index contributed by atoms with van der Waals surface area (Å²) in [5, 5.41) is 7.50. The molecule has 0 amide bonds. The molecule has 4 nitrogen and oxygen atoms in total. The Morgan fingerprint density at radius 2 is 2.22 bits per heavy atom. The first-order chi connectivity index (χ1) is 8.49. The van der Waals surface area contributed by atoms with E-state index >= 15 is 0 Å². The molecule has 18 heavy (non-hydrogen) atoms. The standard InChI is InChI=1S/C12H17BrN4S/c1-7(2)17-12(10(13)5-15-17)11(14)4-9-6-18-8(3)16-9/h5-7,11H,4,14H2,1-3H3. The summed E-state index contributed by atoms with van der Waals surface area (Å²) < 4.78 is 2.93. The number of nitrogens with zero attached hydrogens (tertiary/aromatic N) is 3. The first-order valence-electron chi connectivity index (χ1n) is 5.88. The second kappa shape index (κ2) is 5.50. The van der Waals surface area contributed by atoms with Gasteiger partial charge in [0.05, 0.1) is 33.1 Å². The van der Waals surface area contributed by atoms with E-state index in [-0.39, 0.29) is 6.04 Å². The first kappa shape index (κ1) is 13.7. The zero-order valence-corrected chi connectivity index (χ0v) is 13.1. The molecule has 2 aromatic rings. The van der Waals surface area contributed by atoms with Gasteiger partial charge in [-0.25, -0.2) is 4.98 Å². The number of rotatable bonds is 4. The molecule has 2 N–H and O–H groups in total. The summed E-state index contributed by atoms with van der Waals surface area (Å²) in [5.74, 6) is 0. The highest BCUT2D eigenvalue weighted by molar-refractivity contribution is 9.10. The van der Waals surface area contributed by atoms with Crippen molar-refractivity contribution >= 4 is 27.3 Å². The molecule has 0 aliphatic rings. The lowest BCUT2D eigenvalue weighted by Gasteiger charge is -2.16. The molecule has 0 aliphatic heterocycles. The Labute approximate surface area is 119 Å². The summed E-state index contributed by atoms with van der Waals surface area (Å²) in [5.41, 5.74) is 8.38. The van der Waals surface area contributed by atoms with Crippen LogP contribution in [0.4, 0.5) is 0 Å². The van der Waals surface area contributed by atoms with Crippen LogP contribution in [0.2, 0.25) is 0 Å². The van der Waals surface area contributed by atoms with E-state index in [2.05, 4.69) is 45.2 Å². The lowest BCUT2D eigenvalue weighted by Crippen LogP contribution is -2.20. The molecule has 2 rings (SSSR count). The van der Waals surface area contributed by atoms with E-state index in [9.17, 15) is 0 Å². The van der Waals surface area contributed by atoms with E-state index in [1.807, 2.05) is 17.8 Å². The van der Waals surface area contributed by atoms with Crippen LogP contribution in [0.3, 0.4) is 0 Å². The van der Waals surface area contributed by atoms with E-state index in [1.54, 1.807) is 11.3 Å². The molecule has 2 aromatic heterocycles. The Bertz CT molecular complexity index is 532. The van der Waals surface area contributed by atoms with E-state index in [0.717, 1.165) is 27.3 Å². The summed E-state index contributed by atoms with van der Waals surface area (Å²) in [7, 11) is 0. The Morgan fingerprint density at radius 3 is 2.78 bits per heavy atom. The minimum atomic E-state index is -0.0919. The third-order valence-corrected chi connectivity index (χ3v) is 4.16. The molecule has 0 saturated carbocycles. The quantitative estimate of drug-likeness (QED) is 0.937. The second-order valence-corrected chi connectivity index (χ2v) is 6.50. The summed E-state index contributed by atoms with van der Waals surface area (Å²) >= 11 is 5.18. The molecule has 2 heterocycles. The monoisotopic (exact) mass is 328 g/mol. The van der Waals surface area contributed by atoms with Gasteiger partial charge in [0, 0.05) is 17.8 Å². The van der Waals surface area contributed by atoms with Crippen molar-refractivity contribution in [2.24, 2.45) is 5.73 Å². The molecular formula is C12H17BrN4S. The molecule has 1 unspecified atom stereocenters. The molecule has 0 fully saturated rings. The average Bonchev–Trinajstić information content (AvgIpc) is 2.85. The summed E-state index contributed by atoms with van der Waals surface area (Å²) in [6, 6.07) is 0.209. The maximum Gasteiger partial charge on any atom is 0.0897 e. The van der Waals surface area contributed by atoms with Gasteiger partial charge in [0.2, 0.25) is 0 Å². The zero-order chi connectivity index (χ0) is 13.3. The van der Waals surface area contributed by atoms with Gasteiger partial charge in [-0.1, -0.05) is 0 Å². The maximum atomic E-state index is 6.29. The highest BCUT2D eigenvalue weighted by Crippen LogP contribution is 2.27. The van der Waals surface area contributed by atoms with Crippen molar-refractivity contribution in [2.75, 3.05) is 0 Å². The van der Waals surface area contributed by atoms with Crippen LogP contribution < -0.4 is 5.73 Å². The Hall–Kier alpha value is -0.720. The van der Waals surface area contributed by atoms with Crippen molar-refractivity contribution in [3.05, 3.63) is 32.4 Å². The smallest absolute Gasteiger partial charge is 0.0897 e. The average molecular weight is 329 g/mol. The molecule has 0 radical (unpaired) electrons. The number of hydrogen-bond donors (Lipinski definition) is 1. The van der Waals surface area contributed by atoms with Crippen molar-refractivity contribution in [3.8, 4) is 0 Å². The van der Waals surface area contributed by atoms with Gasteiger partial charge >= 0.3 is 0 Å². The zero-order valence-electron chi connectivity index (χ0n) is 10.7. The van der Waals surface area contributed by atoms with Crippen molar-refractivity contribution in [3.63, 3.8) is 0 Å². The highest BCUT2D eigenvalue weighted by atomic mass is 79.9. The number of nitrogens with two attached hydrogens (primary N) is 1. The van der Waals surface area contributed by atoms with Crippen LogP contribution >= 0.6 is 27.3 Å². The SMILES string of the molecule is Cc1nc(CC(N)c2c(Br)cnn2C(C)C)cs1. The van der Waals surface area contributed by atoms with Crippen LogP contribution in [-0.4, -0.2) is 14.8 Å². The van der Waals surface area contributed by atoms with Gasteiger partial charge < -0.3 is 5.73 Å². The number of hydrogen-bond acceptors (Lipinski definition) is 4. The fourth-order valence-corrected chi connectivity index (χ4v) is 3.13. The molecule has 0 aromatic carbocycles. The van der Waals surface area contributed by atoms with Crippen LogP contribution in [0.25, 0.3) is 0 Å². The van der Waals surface area contributed by atoms with Gasteiger partial charge in [-0.15, -0.1) is 11.3 Å². The largest absolute Gasteiger partial charge is 0.322 e. The predicted octanol–water partition coefficient (Wildman–Crippen LogP) is 3.23. The van der Waals surface area contributed by atoms with Crippen LogP contribution in [0, 0.1) is 6.92 Å². The molecule has 1 atom stereocenters. The summed E-state index contributed by atoms with van der Waals surface area (Å²) in [4.78, 5) is 4.46. The van der Waals surface area contributed by atoms with Gasteiger partial charge in [0.25, 0.3) is 0 Å². The predicted molar refractivity (Wildman–Crippen MR) is 77.8 cm³/mol. The fourth-order valence-electron chi connectivity index (χ4n) is 1.93. The minimum absolute atomic E-state index is 0.0919. The van der Waals surface area contributed by atoms with Gasteiger partial charge in [-0.05, 0) is 36.7 Å². The van der Waals surface area contributed by atoms with Crippen molar-refractivity contribution in [1.29, 1.82) is 0 Å². The number of halogens is 1. The van der Waals surface area contributed by atoms with Crippen molar-refractivity contribution < 1.29 is 0 Å². The van der Waals surface area contributed by atoms with Gasteiger partial charge in [-0.2, -0.15) is 5.10 Å². The third kappa shape index (κ3) is 2.81. The Balaban J connectivity index is 2.23. The van der Waals surface area contributed by atoms with E-state index in [0.29, 0.717) is 6.04 Å². The lowest BCUT2D eigenvalue weighted by atomic mass is 10.1. The van der Waals surface area contributed by atoms with Crippen LogP contribution in [0.1, 0.15) is 42.3 Å². The highest BCUT2D eigenvalue weighted by Gasteiger charge is 2.19. The first-order valence-corrected chi connectivity index (χ1v) is 7.55. The van der Waals surface area contributed by atoms with Crippen molar-refractivity contribution in [1.82, 2.24) is 14.8 Å². The van der Waals surface area contributed by atoms with Gasteiger partial charge in [-0.3, -0.25) is 4.68 Å². The van der Waals surface area contributed by atoms with E-state index in [4.69, 9.17) is 5.73 Å². The van der Waals surface area contributed by atoms with Crippen LogP contribution in [0.5, 0.6) is 0 Å². The number of aryl methyl sites for hydroxylation is 1. The number of thiazole rings is 1. The van der Waals surface area contributed by atoms with Crippen LogP contribution in [-0.2, 0) is 6.42 Å². The summed E-state index contributed by atoms with van der Waals surface area (Å²) in [6.07, 6.45) is 2.54.